The molecule has 6 heteroatoms. The van der Waals surface area contributed by atoms with Crippen LogP contribution < -0.4 is 9.64 Å². The van der Waals surface area contributed by atoms with E-state index in [1.165, 1.54) is 19.4 Å². The van der Waals surface area contributed by atoms with Crippen LogP contribution in [0.4, 0.5) is 5.69 Å². The first-order valence-corrected chi connectivity index (χ1v) is 12.6. The van der Waals surface area contributed by atoms with Gasteiger partial charge in [-0.05, 0) is 69.7 Å². The number of benzene rings is 2. The molecular weight excluding hydrogens is 440 g/mol. The highest BCUT2D eigenvalue weighted by atomic mass is 16.5. The average molecular weight is 481 g/mol. The third kappa shape index (κ3) is 6.77. The number of carboxylic acids is 1. The van der Waals surface area contributed by atoms with Gasteiger partial charge in [0.05, 0.1) is 5.92 Å². The maximum Gasteiger partial charge on any atom is 0.347 e. The van der Waals surface area contributed by atoms with Gasteiger partial charge < -0.3 is 19.6 Å². The van der Waals surface area contributed by atoms with Crippen LogP contribution in [0.2, 0.25) is 0 Å². The molecule has 190 valence electrons. The Balaban J connectivity index is 1.71. The summed E-state index contributed by atoms with van der Waals surface area (Å²) < 4.78 is 5.73. The summed E-state index contributed by atoms with van der Waals surface area (Å²) in [5, 5.41) is 9.38. The van der Waals surface area contributed by atoms with Crippen molar-refractivity contribution in [1.82, 2.24) is 4.90 Å². The smallest absolute Gasteiger partial charge is 0.347 e. The first kappa shape index (κ1) is 26.6. The van der Waals surface area contributed by atoms with Crippen LogP contribution in [0.1, 0.15) is 71.4 Å². The van der Waals surface area contributed by atoms with Crippen LogP contribution in [-0.4, -0.2) is 46.6 Å². The molecule has 0 saturated carbocycles. The number of ether oxygens (including phenoxy) is 1. The SMILES string of the molecule is CC(C)c1ccc(CN(C(=O)C2CCCN(c3cccc(OC(C)(C)C(=O)O)c3)C2)C(C)C)cc1. The van der Waals surface area contributed by atoms with Gasteiger partial charge in [-0.15, -0.1) is 0 Å². The van der Waals surface area contributed by atoms with Gasteiger partial charge in [0.25, 0.3) is 0 Å². The minimum absolute atomic E-state index is 0.0823. The molecule has 6 nitrogen and oxygen atoms in total. The van der Waals surface area contributed by atoms with Crippen molar-refractivity contribution < 1.29 is 19.4 Å². The van der Waals surface area contributed by atoms with Gasteiger partial charge in [0, 0.05) is 37.4 Å². The number of amides is 1. The number of rotatable bonds is 9. The maximum absolute atomic E-state index is 13.6. The van der Waals surface area contributed by atoms with Gasteiger partial charge in [0.15, 0.2) is 5.60 Å². The molecule has 3 rings (SSSR count). The minimum Gasteiger partial charge on any atom is -0.478 e. The van der Waals surface area contributed by atoms with Crippen molar-refractivity contribution in [3.8, 4) is 5.75 Å². The van der Waals surface area contributed by atoms with Gasteiger partial charge in [-0.2, -0.15) is 0 Å². The molecule has 1 aliphatic heterocycles. The van der Waals surface area contributed by atoms with E-state index in [-0.39, 0.29) is 17.9 Å². The first-order chi connectivity index (χ1) is 16.5. The summed E-state index contributed by atoms with van der Waals surface area (Å²) in [4.78, 5) is 29.3. The lowest BCUT2D eigenvalue weighted by Crippen LogP contribution is -2.47. The Morgan fingerprint density at radius 2 is 1.80 bits per heavy atom. The van der Waals surface area contributed by atoms with Gasteiger partial charge >= 0.3 is 5.97 Å². The van der Waals surface area contributed by atoms with E-state index >= 15 is 0 Å². The number of piperidine rings is 1. The second-order valence-corrected chi connectivity index (χ2v) is 10.7. The van der Waals surface area contributed by atoms with Crippen LogP contribution in [0.3, 0.4) is 0 Å². The van der Waals surface area contributed by atoms with E-state index in [1.807, 2.05) is 23.1 Å². The highest BCUT2D eigenvalue weighted by molar-refractivity contribution is 5.80. The molecule has 2 aromatic rings. The molecule has 1 fully saturated rings. The second kappa shape index (κ2) is 11.1. The molecule has 0 bridgehead atoms. The zero-order chi connectivity index (χ0) is 25.8. The number of carbonyl (C=O) groups excluding carboxylic acids is 1. The molecule has 1 N–H and O–H groups in total. The standard InChI is InChI=1S/C29H40N2O4/c1-20(2)23-14-12-22(13-15-23)18-31(21(3)4)27(32)24-9-8-16-30(19-24)25-10-7-11-26(17-25)35-29(5,6)28(33)34/h7,10-15,17,20-21,24H,8-9,16,18-19H2,1-6H3,(H,33,34). The molecule has 0 aromatic heterocycles. The van der Waals surface area contributed by atoms with E-state index in [1.54, 1.807) is 6.07 Å². The summed E-state index contributed by atoms with van der Waals surface area (Å²) in [6, 6.07) is 16.2. The quantitative estimate of drug-likeness (QED) is 0.498. The lowest BCUT2D eigenvalue weighted by molar-refractivity contribution is -0.152. The molecule has 2 aromatic carbocycles. The van der Waals surface area contributed by atoms with Crippen LogP contribution >= 0.6 is 0 Å². The summed E-state index contributed by atoms with van der Waals surface area (Å²) in [6.45, 7) is 13.7. The third-order valence-electron chi connectivity index (χ3n) is 6.75. The molecule has 0 spiro atoms. The number of nitrogens with zero attached hydrogens (tertiary/aromatic N) is 2. The molecule has 1 aliphatic rings. The maximum atomic E-state index is 13.6. The van der Waals surface area contributed by atoms with E-state index in [0.29, 0.717) is 24.8 Å². The zero-order valence-corrected chi connectivity index (χ0v) is 22.0. The molecule has 35 heavy (non-hydrogen) atoms. The first-order valence-electron chi connectivity index (χ1n) is 12.6. The van der Waals surface area contributed by atoms with Gasteiger partial charge in [0.2, 0.25) is 5.91 Å². The number of anilines is 1. The predicted octanol–water partition coefficient (Wildman–Crippen LogP) is 5.71. The van der Waals surface area contributed by atoms with Gasteiger partial charge in [-0.25, -0.2) is 4.79 Å². The Hall–Kier alpha value is -3.02. The fraction of sp³-hybridized carbons (Fsp3) is 0.517. The summed E-state index contributed by atoms with van der Waals surface area (Å²) >= 11 is 0. The Bertz CT molecular complexity index is 1010. The van der Waals surface area contributed by atoms with E-state index in [0.717, 1.165) is 30.6 Å². The molecular formula is C29H40N2O4. The number of aliphatic carboxylic acids is 1. The average Bonchev–Trinajstić information content (AvgIpc) is 2.82. The molecule has 0 radical (unpaired) electrons. The monoisotopic (exact) mass is 480 g/mol. The van der Waals surface area contributed by atoms with Crippen molar-refractivity contribution in [2.75, 3.05) is 18.0 Å². The Labute approximate surface area is 209 Å². The molecule has 0 aliphatic carbocycles. The minimum atomic E-state index is -1.32. The highest BCUT2D eigenvalue weighted by Crippen LogP contribution is 2.29. The fourth-order valence-electron chi connectivity index (χ4n) is 4.45. The van der Waals surface area contributed by atoms with E-state index in [4.69, 9.17) is 4.74 Å². The summed E-state index contributed by atoms with van der Waals surface area (Å²) in [5.41, 5.74) is 2.08. The number of hydrogen-bond acceptors (Lipinski definition) is 4. The van der Waals surface area contributed by atoms with Crippen LogP contribution in [0, 0.1) is 5.92 Å². The number of carbonyl (C=O) groups is 2. The molecule has 1 unspecified atom stereocenters. The van der Waals surface area contributed by atoms with Crippen LogP contribution in [0.5, 0.6) is 5.75 Å². The van der Waals surface area contributed by atoms with Gasteiger partial charge in [-0.3, -0.25) is 4.79 Å². The van der Waals surface area contributed by atoms with Crippen LogP contribution in [-0.2, 0) is 16.1 Å². The Morgan fingerprint density at radius 3 is 2.40 bits per heavy atom. The Morgan fingerprint density at radius 1 is 1.11 bits per heavy atom. The van der Waals surface area contributed by atoms with E-state index in [9.17, 15) is 14.7 Å². The lowest BCUT2D eigenvalue weighted by atomic mass is 9.95. The zero-order valence-electron chi connectivity index (χ0n) is 22.0. The summed E-state index contributed by atoms with van der Waals surface area (Å²) in [7, 11) is 0. The second-order valence-electron chi connectivity index (χ2n) is 10.7. The largest absolute Gasteiger partial charge is 0.478 e. The highest BCUT2D eigenvalue weighted by Gasteiger charge is 2.32. The van der Waals surface area contributed by atoms with E-state index < -0.39 is 11.6 Å². The molecule has 1 atom stereocenters. The molecule has 1 heterocycles. The summed E-state index contributed by atoms with van der Waals surface area (Å²) in [5.74, 6) is 0.0912. The van der Waals surface area contributed by atoms with Crippen molar-refractivity contribution in [3.05, 3.63) is 59.7 Å². The fourth-order valence-corrected chi connectivity index (χ4v) is 4.45. The molecule has 1 amide bonds. The topological polar surface area (TPSA) is 70.1 Å². The van der Waals surface area contributed by atoms with Crippen molar-refractivity contribution in [3.63, 3.8) is 0 Å². The van der Waals surface area contributed by atoms with Crippen molar-refractivity contribution in [1.29, 1.82) is 0 Å². The third-order valence-corrected chi connectivity index (χ3v) is 6.75. The Kier molecular flexibility index (Phi) is 8.47. The normalized spacial score (nSPS) is 16.5. The van der Waals surface area contributed by atoms with Gasteiger partial charge in [-0.1, -0.05) is 44.2 Å². The lowest BCUT2D eigenvalue weighted by Gasteiger charge is -2.37. The van der Waals surface area contributed by atoms with Crippen molar-refractivity contribution in [2.45, 2.75) is 78.5 Å². The van der Waals surface area contributed by atoms with Crippen molar-refractivity contribution in [2.24, 2.45) is 5.92 Å². The van der Waals surface area contributed by atoms with E-state index in [2.05, 4.69) is 56.9 Å². The van der Waals surface area contributed by atoms with Crippen molar-refractivity contribution >= 4 is 17.6 Å². The predicted molar refractivity (Wildman–Crippen MR) is 140 cm³/mol. The molecule has 1 saturated heterocycles. The number of hydrogen-bond donors (Lipinski definition) is 1. The number of carboxylic acid groups (broad SMARTS) is 1. The van der Waals surface area contributed by atoms with Crippen LogP contribution in [0.25, 0.3) is 0 Å². The van der Waals surface area contributed by atoms with Crippen LogP contribution in [0.15, 0.2) is 48.5 Å². The summed E-state index contributed by atoms with van der Waals surface area (Å²) in [6.07, 6.45) is 1.80. The van der Waals surface area contributed by atoms with Gasteiger partial charge in [0.1, 0.15) is 5.75 Å².